The van der Waals surface area contributed by atoms with Crippen LogP contribution in [-0.4, -0.2) is 19.9 Å². The maximum Gasteiger partial charge on any atom is 0.254 e. The second-order valence-corrected chi connectivity index (χ2v) is 4.14. The van der Waals surface area contributed by atoms with Crippen molar-refractivity contribution >= 4 is 0 Å². The number of rotatable bonds is 1. The molecule has 0 aliphatic heterocycles. The zero-order valence-corrected chi connectivity index (χ0v) is 9.31. The molecule has 1 aliphatic carbocycles. The average molecular weight is 228 g/mol. The Hall–Kier alpha value is -2.04. The zero-order chi connectivity index (χ0) is 11.7. The van der Waals surface area contributed by atoms with Crippen LogP contribution in [0.15, 0.2) is 23.4 Å². The molecule has 1 N–H and O–H groups in total. The van der Waals surface area contributed by atoms with Crippen LogP contribution in [0.4, 0.5) is 0 Å². The maximum atomic E-state index is 11.9. The first-order valence-corrected chi connectivity index (χ1v) is 5.73. The van der Waals surface area contributed by atoms with Crippen LogP contribution < -0.4 is 5.56 Å². The monoisotopic (exact) mass is 228 g/mol. The van der Waals surface area contributed by atoms with Crippen LogP contribution in [0.2, 0.25) is 0 Å². The second-order valence-electron chi connectivity index (χ2n) is 4.14. The standard InChI is InChI=1S/C12H12N4O/c17-12-8-3-1-2-4-9(8)15-11(16-12)10-5-6-13-7-14-10/h5-7H,1-4H2,(H,15,16,17). The number of nitrogens with one attached hydrogen (secondary N) is 1. The van der Waals surface area contributed by atoms with Crippen molar-refractivity contribution in [1.82, 2.24) is 19.9 Å². The Balaban J connectivity index is 2.14. The highest BCUT2D eigenvalue weighted by Gasteiger charge is 2.16. The lowest BCUT2D eigenvalue weighted by atomic mass is 9.97. The third kappa shape index (κ3) is 1.84. The molecule has 0 aromatic carbocycles. The first-order valence-electron chi connectivity index (χ1n) is 5.73. The van der Waals surface area contributed by atoms with Gasteiger partial charge in [0.1, 0.15) is 12.0 Å². The lowest BCUT2D eigenvalue weighted by Crippen LogP contribution is -2.21. The number of aromatic nitrogens is 4. The van der Waals surface area contributed by atoms with E-state index in [-0.39, 0.29) is 5.56 Å². The fourth-order valence-corrected chi connectivity index (χ4v) is 2.16. The Morgan fingerprint density at radius 1 is 1.24 bits per heavy atom. The van der Waals surface area contributed by atoms with Gasteiger partial charge in [0.15, 0.2) is 5.82 Å². The van der Waals surface area contributed by atoms with Crippen LogP contribution in [0, 0.1) is 0 Å². The van der Waals surface area contributed by atoms with Crippen molar-refractivity contribution in [3.05, 3.63) is 40.2 Å². The van der Waals surface area contributed by atoms with Crippen LogP contribution in [0.5, 0.6) is 0 Å². The number of fused-ring (bicyclic) bond motifs is 1. The number of aryl methyl sites for hydroxylation is 1. The Morgan fingerprint density at radius 3 is 2.94 bits per heavy atom. The first kappa shape index (κ1) is 10.1. The molecule has 0 amide bonds. The highest BCUT2D eigenvalue weighted by Crippen LogP contribution is 2.18. The molecule has 2 aromatic rings. The van der Waals surface area contributed by atoms with Crippen molar-refractivity contribution in [3.8, 4) is 11.5 Å². The minimum Gasteiger partial charge on any atom is -0.305 e. The van der Waals surface area contributed by atoms with Gasteiger partial charge in [0.25, 0.3) is 5.56 Å². The summed E-state index contributed by atoms with van der Waals surface area (Å²) in [4.78, 5) is 27.2. The van der Waals surface area contributed by atoms with Gasteiger partial charge in [-0.15, -0.1) is 0 Å². The minimum absolute atomic E-state index is 0.0247. The van der Waals surface area contributed by atoms with Crippen molar-refractivity contribution in [3.63, 3.8) is 0 Å². The summed E-state index contributed by atoms with van der Waals surface area (Å²) >= 11 is 0. The Morgan fingerprint density at radius 2 is 2.12 bits per heavy atom. The van der Waals surface area contributed by atoms with Gasteiger partial charge in [-0.05, 0) is 31.7 Å². The van der Waals surface area contributed by atoms with Crippen LogP contribution in [0.3, 0.4) is 0 Å². The molecule has 2 heterocycles. The van der Waals surface area contributed by atoms with E-state index in [2.05, 4.69) is 19.9 Å². The molecule has 0 unspecified atom stereocenters. The SMILES string of the molecule is O=c1[nH]c(-c2ccncn2)nc2c1CCCC2. The van der Waals surface area contributed by atoms with E-state index in [9.17, 15) is 4.79 Å². The summed E-state index contributed by atoms with van der Waals surface area (Å²) in [6.07, 6.45) is 6.99. The third-order valence-corrected chi connectivity index (χ3v) is 3.02. The van der Waals surface area contributed by atoms with E-state index in [1.165, 1.54) is 6.33 Å². The predicted molar refractivity (Wildman–Crippen MR) is 62.5 cm³/mol. The van der Waals surface area contributed by atoms with Crippen molar-refractivity contribution in [2.75, 3.05) is 0 Å². The topological polar surface area (TPSA) is 71.5 Å². The van der Waals surface area contributed by atoms with Gasteiger partial charge in [0.05, 0.1) is 5.69 Å². The number of hydrogen-bond donors (Lipinski definition) is 1. The van der Waals surface area contributed by atoms with E-state index in [0.717, 1.165) is 36.9 Å². The molecular formula is C12H12N4O. The van der Waals surface area contributed by atoms with E-state index in [1.807, 2.05) is 0 Å². The number of H-pyrrole nitrogens is 1. The highest BCUT2D eigenvalue weighted by atomic mass is 16.1. The number of nitrogens with zero attached hydrogens (tertiary/aromatic N) is 3. The molecule has 0 fully saturated rings. The molecule has 17 heavy (non-hydrogen) atoms. The van der Waals surface area contributed by atoms with Crippen LogP contribution >= 0.6 is 0 Å². The molecule has 5 heteroatoms. The predicted octanol–water partition coefficient (Wildman–Crippen LogP) is 1.11. The quantitative estimate of drug-likeness (QED) is 0.793. The molecular weight excluding hydrogens is 216 g/mol. The average Bonchev–Trinajstić information content (AvgIpc) is 2.40. The summed E-state index contributed by atoms with van der Waals surface area (Å²) < 4.78 is 0. The molecule has 2 aromatic heterocycles. The van der Waals surface area contributed by atoms with Gasteiger partial charge in [0, 0.05) is 11.8 Å². The van der Waals surface area contributed by atoms with E-state index < -0.39 is 0 Å². The Bertz CT molecular complexity index is 591. The van der Waals surface area contributed by atoms with Gasteiger partial charge >= 0.3 is 0 Å². The normalized spacial score (nSPS) is 14.4. The lowest BCUT2D eigenvalue weighted by molar-refractivity contribution is 0.657. The molecule has 0 radical (unpaired) electrons. The summed E-state index contributed by atoms with van der Waals surface area (Å²) in [5.41, 5.74) is 2.40. The fourth-order valence-electron chi connectivity index (χ4n) is 2.16. The van der Waals surface area contributed by atoms with E-state index in [0.29, 0.717) is 11.5 Å². The Labute approximate surface area is 98.0 Å². The summed E-state index contributed by atoms with van der Waals surface area (Å²) in [5.74, 6) is 0.540. The molecule has 0 bridgehead atoms. The lowest BCUT2D eigenvalue weighted by Gasteiger charge is -2.14. The van der Waals surface area contributed by atoms with E-state index in [4.69, 9.17) is 0 Å². The zero-order valence-electron chi connectivity index (χ0n) is 9.31. The van der Waals surface area contributed by atoms with Crippen molar-refractivity contribution < 1.29 is 0 Å². The summed E-state index contributed by atoms with van der Waals surface area (Å²) in [6, 6.07) is 1.74. The number of aromatic amines is 1. The minimum atomic E-state index is -0.0247. The molecule has 3 rings (SSSR count). The molecule has 0 saturated carbocycles. The van der Waals surface area contributed by atoms with E-state index in [1.54, 1.807) is 12.3 Å². The summed E-state index contributed by atoms with van der Waals surface area (Å²) in [7, 11) is 0. The van der Waals surface area contributed by atoms with Gasteiger partial charge in [-0.25, -0.2) is 15.0 Å². The van der Waals surface area contributed by atoms with Crippen LogP contribution in [0.25, 0.3) is 11.5 Å². The van der Waals surface area contributed by atoms with Gasteiger partial charge in [0.2, 0.25) is 0 Å². The van der Waals surface area contributed by atoms with Crippen LogP contribution in [0.1, 0.15) is 24.1 Å². The van der Waals surface area contributed by atoms with E-state index >= 15 is 0 Å². The van der Waals surface area contributed by atoms with Gasteiger partial charge < -0.3 is 4.98 Å². The molecule has 1 aliphatic rings. The van der Waals surface area contributed by atoms with Crippen molar-refractivity contribution in [1.29, 1.82) is 0 Å². The summed E-state index contributed by atoms with van der Waals surface area (Å²) in [6.45, 7) is 0. The summed E-state index contributed by atoms with van der Waals surface area (Å²) in [5, 5.41) is 0. The second kappa shape index (κ2) is 4.08. The first-order chi connectivity index (χ1) is 8.34. The molecule has 0 spiro atoms. The van der Waals surface area contributed by atoms with Gasteiger partial charge in [-0.3, -0.25) is 4.79 Å². The molecule has 5 nitrogen and oxygen atoms in total. The van der Waals surface area contributed by atoms with Crippen molar-refractivity contribution in [2.24, 2.45) is 0 Å². The fraction of sp³-hybridized carbons (Fsp3) is 0.333. The van der Waals surface area contributed by atoms with Crippen LogP contribution in [-0.2, 0) is 12.8 Å². The van der Waals surface area contributed by atoms with Crippen molar-refractivity contribution in [2.45, 2.75) is 25.7 Å². The molecule has 0 atom stereocenters. The third-order valence-electron chi connectivity index (χ3n) is 3.02. The largest absolute Gasteiger partial charge is 0.305 e. The maximum absolute atomic E-state index is 11.9. The van der Waals surface area contributed by atoms with Gasteiger partial charge in [-0.2, -0.15) is 0 Å². The van der Waals surface area contributed by atoms with Gasteiger partial charge in [-0.1, -0.05) is 0 Å². The Kier molecular flexibility index (Phi) is 2.44. The molecule has 86 valence electrons. The highest BCUT2D eigenvalue weighted by molar-refractivity contribution is 5.48. The molecule has 0 saturated heterocycles. The number of hydrogen-bond acceptors (Lipinski definition) is 4. The smallest absolute Gasteiger partial charge is 0.254 e.